The molecule has 4 rings (SSSR count). The zero-order valence-electron chi connectivity index (χ0n) is 32.4. The number of benzene rings is 4. The van der Waals surface area contributed by atoms with Crippen molar-refractivity contribution in [1.29, 1.82) is 0 Å². The number of aliphatic hydroxyl groups is 2. The number of hydrogen-bond acceptors (Lipinski definition) is 8. The van der Waals surface area contributed by atoms with Crippen LogP contribution in [0.15, 0.2) is 97.1 Å². The van der Waals surface area contributed by atoms with E-state index in [0.29, 0.717) is 45.3 Å². The average Bonchev–Trinajstić information content (AvgIpc) is 3.14. The Morgan fingerprint density at radius 1 is 0.491 bits per heavy atom. The molecule has 4 N–H and O–H groups in total. The Kier molecular flexibility index (Phi) is 12.5. The number of methoxy groups -OCH3 is 4. The lowest BCUT2D eigenvalue weighted by molar-refractivity contribution is -0.134. The van der Waals surface area contributed by atoms with Crippen LogP contribution in [0.2, 0.25) is 0 Å². The maximum atomic E-state index is 14.1. The minimum absolute atomic E-state index is 0.405. The molecule has 284 valence electrons. The molecular formula is C43H54N2O8. The molecule has 0 spiro atoms. The van der Waals surface area contributed by atoms with E-state index in [1.165, 1.54) is 28.4 Å². The van der Waals surface area contributed by atoms with Crippen molar-refractivity contribution in [2.75, 3.05) is 28.4 Å². The van der Waals surface area contributed by atoms with Crippen LogP contribution < -0.4 is 29.6 Å². The first-order valence-electron chi connectivity index (χ1n) is 17.6. The van der Waals surface area contributed by atoms with Gasteiger partial charge in [0.15, 0.2) is 0 Å². The van der Waals surface area contributed by atoms with Crippen LogP contribution in [0.1, 0.15) is 70.2 Å². The first kappa shape index (κ1) is 40.7. The van der Waals surface area contributed by atoms with Crippen molar-refractivity contribution < 1.29 is 38.7 Å². The normalized spacial score (nSPS) is 13.4. The Morgan fingerprint density at radius 3 is 0.925 bits per heavy atom. The van der Waals surface area contributed by atoms with Crippen molar-refractivity contribution in [3.8, 4) is 23.0 Å². The number of ether oxygens (including phenoxy) is 4. The summed E-state index contributed by atoms with van der Waals surface area (Å²) in [5.41, 5.74) is -3.69. The number of carbonyl (C=O) groups is 2. The quantitative estimate of drug-likeness (QED) is 0.111. The van der Waals surface area contributed by atoms with Crippen LogP contribution in [0.3, 0.4) is 0 Å². The minimum atomic E-state index is -1.88. The maximum Gasteiger partial charge on any atom is 0.229 e. The molecule has 0 saturated heterocycles. The molecule has 0 bridgehead atoms. The topological polar surface area (TPSA) is 136 Å². The Morgan fingerprint density at radius 2 is 0.717 bits per heavy atom. The van der Waals surface area contributed by atoms with Gasteiger partial charge in [-0.3, -0.25) is 9.59 Å². The second-order valence-corrected chi connectivity index (χ2v) is 15.2. The van der Waals surface area contributed by atoms with Crippen molar-refractivity contribution >= 4 is 11.8 Å². The molecule has 0 saturated carbocycles. The van der Waals surface area contributed by atoms with E-state index >= 15 is 0 Å². The molecule has 2 amide bonds. The van der Waals surface area contributed by atoms with Gasteiger partial charge >= 0.3 is 0 Å². The second-order valence-electron chi connectivity index (χ2n) is 15.2. The smallest absolute Gasteiger partial charge is 0.229 e. The van der Waals surface area contributed by atoms with Gasteiger partial charge in [-0.05, 0) is 35.1 Å². The third-order valence-electron chi connectivity index (χ3n) is 9.57. The lowest BCUT2D eigenvalue weighted by atomic mass is 9.69. The fraction of sp³-hybridized carbons (Fsp3) is 0.395. The van der Waals surface area contributed by atoms with Gasteiger partial charge in [0.2, 0.25) is 11.8 Å². The molecule has 0 fully saturated rings. The Hall–Kier alpha value is -5.06. The largest absolute Gasteiger partial charge is 0.496 e. The molecule has 0 aliphatic heterocycles. The lowest BCUT2D eigenvalue weighted by Gasteiger charge is -2.46. The van der Waals surface area contributed by atoms with E-state index in [-0.39, 0.29) is 0 Å². The third kappa shape index (κ3) is 8.29. The van der Waals surface area contributed by atoms with Crippen molar-refractivity contribution in [2.45, 2.75) is 71.2 Å². The van der Waals surface area contributed by atoms with Gasteiger partial charge in [-0.1, -0.05) is 114 Å². The number of carbonyl (C=O) groups excluding carboxylic acids is 2. The third-order valence-corrected chi connectivity index (χ3v) is 9.57. The van der Waals surface area contributed by atoms with E-state index in [1.807, 2.05) is 41.5 Å². The molecule has 0 radical (unpaired) electrons. The first-order chi connectivity index (χ1) is 25.0. The molecule has 10 nitrogen and oxygen atoms in total. The van der Waals surface area contributed by atoms with E-state index < -0.39 is 52.4 Å². The summed E-state index contributed by atoms with van der Waals surface area (Å²) >= 11 is 0. The summed E-state index contributed by atoms with van der Waals surface area (Å²) in [6.07, 6.45) is -0.610. The number of amides is 2. The van der Waals surface area contributed by atoms with Gasteiger partial charge in [-0.25, -0.2) is 0 Å². The van der Waals surface area contributed by atoms with Crippen molar-refractivity contribution in [3.05, 3.63) is 119 Å². The molecule has 10 heteroatoms. The highest BCUT2D eigenvalue weighted by atomic mass is 16.5. The van der Waals surface area contributed by atoms with Gasteiger partial charge in [0, 0.05) is 22.3 Å². The summed E-state index contributed by atoms with van der Waals surface area (Å²) in [4.78, 5) is 28.2. The molecule has 2 atom stereocenters. The highest BCUT2D eigenvalue weighted by Gasteiger charge is 2.52. The van der Waals surface area contributed by atoms with Crippen LogP contribution in [-0.2, 0) is 20.8 Å². The predicted molar refractivity (Wildman–Crippen MR) is 205 cm³/mol. The van der Waals surface area contributed by atoms with E-state index in [0.717, 1.165) is 0 Å². The summed E-state index contributed by atoms with van der Waals surface area (Å²) in [5.74, 6) is 0.335. The first-order valence-corrected chi connectivity index (χ1v) is 17.6. The zero-order chi connectivity index (χ0) is 39.2. The van der Waals surface area contributed by atoms with E-state index in [1.54, 1.807) is 97.1 Å². The average molecular weight is 727 g/mol. The molecule has 4 aromatic rings. The standard InChI is InChI=1S/C43H54N2O8/c1-40(2,3)38(42(48,28-19-11-15-23-32(28)50-7)29-20-12-16-24-33(29)51-8)44-36(46)27-37(47)45-39(41(4,5)6)43(49,30-21-13-17-25-34(30)52-9)31-22-14-18-26-35(31)53-10/h11-26,38-39,48-49H,27H2,1-10H3,(H,44,46)(H,45,47). The van der Waals surface area contributed by atoms with Crippen molar-refractivity contribution in [1.82, 2.24) is 10.6 Å². The van der Waals surface area contributed by atoms with Crippen LogP contribution in [0, 0.1) is 10.8 Å². The monoisotopic (exact) mass is 726 g/mol. The zero-order valence-corrected chi connectivity index (χ0v) is 32.4. The van der Waals surface area contributed by atoms with Gasteiger partial charge in [-0.15, -0.1) is 0 Å². The molecular weight excluding hydrogens is 672 g/mol. The van der Waals surface area contributed by atoms with Crippen LogP contribution in [0.4, 0.5) is 0 Å². The van der Waals surface area contributed by atoms with Crippen molar-refractivity contribution in [2.24, 2.45) is 10.8 Å². The van der Waals surface area contributed by atoms with Gasteiger partial charge in [-0.2, -0.15) is 0 Å². The number of nitrogens with one attached hydrogen (secondary N) is 2. The molecule has 0 aliphatic carbocycles. The fourth-order valence-electron chi connectivity index (χ4n) is 7.22. The predicted octanol–water partition coefficient (Wildman–Crippen LogP) is 6.34. The SMILES string of the molecule is COc1ccccc1C(O)(c1ccccc1OC)C(NC(=O)CC(=O)NC(C(C)(C)C)C(O)(c1ccccc1OC)c1ccccc1OC)C(C)(C)C. The highest BCUT2D eigenvalue weighted by Crippen LogP contribution is 2.48. The second kappa shape index (κ2) is 16.3. The Balaban J connectivity index is 1.79. The van der Waals surface area contributed by atoms with Crippen LogP contribution >= 0.6 is 0 Å². The summed E-state index contributed by atoms with van der Waals surface area (Å²) in [7, 11) is 6.05. The fourth-order valence-corrected chi connectivity index (χ4v) is 7.22. The highest BCUT2D eigenvalue weighted by molar-refractivity contribution is 5.97. The van der Waals surface area contributed by atoms with Crippen molar-refractivity contribution in [3.63, 3.8) is 0 Å². The Labute approximate surface area is 313 Å². The number of para-hydroxylation sites is 4. The van der Waals surface area contributed by atoms with Gasteiger partial charge in [0.05, 0.1) is 40.5 Å². The number of rotatable bonds is 14. The summed E-state index contributed by atoms with van der Waals surface area (Å²) in [6, 6.07) is 26.2. The molecule has 2 unspecified atom stereocenters. The Bertz CT molecular complexity index is 1650. The van der Waals surface area contributed by atoms with Crippen LogP contribution in [-0.4, -0.2) is 62.6 Å². The van der Waals surface area contributed by atoms with Gasteiger partial charge < -0.3 is 39.8 Å². The summed E-state index contributed by atoms with van der Waals surface area (Å²) < 4.78 is 22.9. The van der Waals surface area contributed by atoms with E-state index in [2.05, 4.69) is 10.6 Å². The van der Waals surface area contributed by atoms with E-state index in [4.69, 9.17) is 18.9 Å². The molecule has 0 aromatic heterocycles. The summed E-state index contributed by atoms with van der Waals surface area (Å²) in [6.45, 7) is 11.4. The molecule has 0 heterocycles. The van der Waals surface area contributed by atoms with Gasteiger partial charge in [0.25, 0.3) is 0 Å². The molecule has 4 aromatic carbocycles. The van der Waals surface area contributed by atoms with Crippen LogP contribution in [0.25, 0.3) is 0 Å². The van der Waals surface area contributed by atoms with Crippen LogP contribution in [0.5, 0.6) is 23.0 Å². The molecule has 0 aliphatic rings. The summed E-state index contributed by atoms with van der Waals surface area (Å²) in [5, 5.41) is 32.1. The number of hydrogen-bond donors (Lipinski definition) is 4. The molecule has 53 heavy (non-hydrogen) atoms. The van der Waals surface area contributed by atoms with Gasteiger partial charge in [0.1, 0.15) is 40.6 Å². The van der Waals surface area contributed by atoms with E-state index in [9.17, 15) is 19.8 Å². The lowest BCUT2D eigenvalue weighted by Crippen LogP contribution is -2.60. The maximum absolute atomic E-state index is 14.1. The minimum Gasteiger partial charge on any atom is -0.496 e.